The van der Waals surface area contributed by atoms with Gasteiger partial charge in [-0.05, 0) is 25.6 Å². The zero-order chi connectivity index (χ0) is 16.2. The second-order valence-electron chi connectivity index (χ2n) is 6.13. The average molecular weight is 318 g/mol. The molecule has 0 unspecified atom stereocenters. The zero-order valence-corrected chi connectivity index (χ0v) is 13.4. The van der Waals surface area contributed by atoms with Crippen molar-refractivity contribution in [3.8, 4) is 5.69 Å². The molecule has 1 fully saturated rings. The fourth-order valence-corrected chi connectivity index (χ4v) is 3.08. The van der Waals surface area contributed by atoms with E-state index >= 15 is 0 Å². The summed E-state index contributed by atoms with van der Waals surface area (Å²) in [5.41, 5.74) is 1.54. The molecular weight excluding hydrogens is 295 g/mol. The third-order valence-electron chi connectivity index (χ3n) is 4.47. The number of piperazine rings is 1. The monoisotopic (exact) mass is 318 g/mol. The fraction of sp³-hybridized carbons (Fsp3) is 0.471. The SMILES string of the molecule is CN1CCN(Cc2cnn(-c3ccccc3F)c2)C[C@H]1CCO. The van der Waals surface area contributed by atoms with Crippen molar-refractivity contribution >= 4 is 0 Å². The molecule has 1 atom stereocenters. The molecular formula is C17H23FN4O. The van der Waals surface area contributed by atoms with Crippen molar-refractivity contribution < 1.29 is 9.50 Å². The molecule has 0 spiro atoms. The van der Waals surface area contributed by atoms with Gasteiger partial charge in [-0.15, -0.1) is 0 Å². The van der Waals surface area contributed by atoms with E-state index in [1.165, 1.54) is 6.07 Å². The van der Waals surface area contributed by atoms with E-state index in [0.29, 0.717) is 11.7 Å². The minimum atomic E-state index is -0.273. The van der Waals surface area contributed by atoms with Crippen LogP contribution in [0.2, 0.25) is 0 Å². The Labute approximate surface area is 135 Å². The second-order valence-corrected chi connectivity index (χ2v) is 6.13. The number of hydrogen-bond acceptors (Lipinski definition) is 4. The smallest absolute Gasteiger partial charge is 0.148 e. The van der Waals surface area contributed by atoms with Crippen molar-refractivity contribution in [1.29, 1.82) is 0 Å². The van der Waals surface area contributed by atoms with Gasteiger partial charge in [0.2, 0.25) is 0 Å². The molecule has 5 nitrogen and oxygen atoms in total. The number of para-hydroxylation sites is 1. The maximum Gasteiger partial charge on any atom is 0.148 e. The molecule has 3 rings (SSSR count). The molecule has 1 N–H and O–H groups in total. The van der Waals surface area contributed by atoms with Crippen LogP contribution in [0.25, 0.3) is 5.69 Å². The van der Waals surface area contributed by atoms with Gasteiger partial charge in [-0.25, -0.2) is 9.07 Å². The highest BCUT2D eigenvalue weighted by Gasteiger charge is 2.24. The van der Waals surface area contributed by atoms with Crippen LogP contribution in [0.1, 0.15) is 12.0 Å². The molecule has 1 aliphatic heterocycles. The first-order valence-electron chi connectivity index (χ1n) is 7.99. The van der Waals surface area contributed by atoms with Crippen LogP contribution in [-0.4, -0.2) is 64.0 Å². The van der Waals surface area contributed by atoms with Gasteiger partial charge in [0.05, 0.1) is 6.20 Å². The number of halogens is 1. The van der Waals surface area contributed by atoms with Gasteiger partial charge in [-0.2, -0.15) is 5.10 Å². The van der Waals surface area contributed by atoms with Crippen molar-refractivity contribution in [2.45, 2.75) is 19.0 Å². The van der Waals surface area contributed by atoms with E-state index in [-0.39, 0.29) is 12.4 Å². The van der Waals surface area contributed by atoms with Gasteiger partial charge in [-0.3, -0.25) is 4.90 Å². The summed E-state index contributed by atoms with van der Waals surface area (Å²) in [6.07, 6.45) is 4.48. The number of aromatic nitrogens is 2. The van der Waals surface area contributed by atoms with Crippen molar-refractivity contribution in [3.63, 3.8) is 0 Å². The topological polar surface area (TPSA) is 44.5 Å². The quantitative estimate of drug-likeness (QED) is 0.908. The summed E-state index contributed by atoms with van der Waals surface area (Å²) in [4.78, 5) is 4.67. The molecule has 0 aliphatic carbocycles. The normalized spacial score (nSPS) is 20.0. The van der Waals surface area contributed by atoms with Crippen LogP contribution in [0, 0.1) is 5.82 Å². The van der Waals surface area contributed by atoms with E-state index in [9.17, 15) is 9.50 Å². The van der Waals surface area contributed by atoms with Crippen LogP contribution in [0.5, 0.6) is 0 Å². The highest BCUT2D eigenvalue weighted by molar-refractivity contribution is 5.32. The van der Waals surface area contributed by atoms with E-state index in [1.54, 1.807) is 29.1 Å². The van der Waals surface area contributed by atoms with Gasteiger partial charge in [0, 0.05) is 50.6 Å². The Morgan fingerprint density at radius 1 is 1.30 bits per heavy atom. The largest absolute Gasteiger partial charge is 0.396 e. The van der Waals surface area contributed by atoms with Gasteiger partial charge in [0.25, 0.3) is 0 Å². The molecule has 1 aromatic carbocycles. The van der Waals surface area contributed by atoms with E-state index in [1.807, 2.05) is 6.20 Å². The minimum Gasteiger partial charge on any atom is -0.396 e. The Morgan fingerprint density at radius 2 is 2.13 bits per heavy atom. The van der Waals surface area contributed by atoms with Crippen molar-refractivity contribution in [2.24, 2.45) is 0 Å². The lowest BCUT2D eigenvalue weighted by molar-refractivity contribution is 0.0743. The Hall–Kier alpha value is -1.76. The number of benzene rings is 1. The van der Waals surface area contributed by atoms with Crippen molar-refractivity contribution in [1.82, 2.24) is 19.6 Å². The van der Waals surface area contributed by atoms with Crippen LogP contribution < -0.4 is 0 Å². The van der Waals surface area contributed by atoms with Crippen LogP contribution in [0.4, 0.5) is 4.39 Å². The molecule has 0 radical (unpaired) electrons. The van der Waals surface area contributed by atoms with Gasteiger partial charge in [0.15, 0.2) is 0 Å². The molecule has 0 bridgehead atoms. The first-order valence-corrected chi connectivity index (χ1v) is 7.99. The first kappa shape index (κ1) is 16.1. The summed E-state index contributed by atoms with van der Waals surface area (Å²) >= 11 is 0. The van der Waals surface area contributed by atoms with Crippen LogP contribution in [0.3, 0.4) is 0 Å². The van der Waals surface area contributed by atoms with Gasteiger partial charge >= 0.3 is 0 Å². The lowest BCUT2D eigenvalue weighted by Crippen LogP contribution is -2.51. The first-order chi connectivity index (χ1) is 11.2. The van der Waals surface area contributed by atoms with E-state index in [2.05, 4.69) is 21.9 Å². The molecule has 1 aromatic heterocycles. The van der Waals surface area contributed by atoms with Crippen LogP contribution in [-0.2, 0) is 6.54 Å². The van der Waals surface area contributed by atoms with E-state index in [0.717, 1.165) is 38.2 Å². The standard InChI is InChI=1S/C17H23FN4O/c1-20-7-8-21(13-15(20)6-9-23)11-14-10-19-22(12-14)17-5-3-2-4-16(17)18/h2-5,10,12,15,23H,6-9,11,13H2,1H3/t15-/m1/s1. The molecule has 6 heteroatoms. The Morgan fingerprint density at radius 3 is 2.91 bits per heavy atom. The predicted octanol–water partition coefficient (Wildman–Crippen LogP) is 1.51. The molecule has 0 amide bonds. The van der Waals surface area contributed by atoms with Crippen molar-refractivity contribution in [2.75, 3.05) is 33.3 Å². The minimum absolute atomic E-state index is 0.216. The molecule has 2 heterocycles. The average Bonchev–Trinajstić information content (AvgIpc) is 2.99. The molecule has 2 aromatic rings. The lowest BCUT2D eigenvalue weighted by Gasteiger charge is -2.39. The maximum atomic E-state index is 13.8. The predicted molar refractivity (Wildman–Crippen MR) is 86.9 cm³/mol. The highest BCUT2D eigenvalue weighted by Crippen LogP contribution is 2.16. The van der Waals surface area contributed by atoms with Crippen LogP contribution in [0.15, 0.2) is 36.7 Å². The summed E-state index contributed by atoms with van der Waals surface area (Å²) in [6, 6.07) is 7.03. The van der Waals surface area contributed by atoms with Crippen LogP contribution >= 0.6 is 0 Å². The summed E-state index contributed by atoms with van der Waals surface area (Å²) in [5, 5.41) is 13.5. The summed E-state index contributed by atoms with van der Waals surface area (Å²) in [6.45, 7) is 3.93. The van der Waals surface area contributed by atoms with Gasteiger partial charge < -0.3 is 10.0 Å². The second kappa shape index (κ2) is 7.21. The molecule has 0 saturated carbocycles. The van der Waals surface area contributed by atoms with Gasteiger partial charge in [-0.1, -0.05) is 12.1 Å². The zero-order valence-electron chi connectivity index (χ0n) is 13.4. The number of aliphatic hydroxyl groups excluding tert-OH is 1. The molecule has 1 saturated heterocycles. The highest BCUT2D eigenvalue weighted by atomic mass is 19.1. The van der Waals surface area contributed by atoms with E-state index in [4.69, 9.17) is 0 Å². The summed E-state index contributed by atoms with van der Waals surface area (Å²) in [5.74, 6) is -0.273. The third-order valence-corrected chi connectivity index (χ3v) is 4.47. The molecule has 124 valence electrons. The Balaban J connectivity index is 1.66. The number of likely N-dealkylation sites (N-methyl/N-ethyl adjacent to an activating group) is 1. The summed E-state index contributed by atoms with van der Waals surface area (Å²) in [7, 11) is 2.11. The van der Waals surface area contributed by atoms with E-state index < -0.39 is 0 Å². The molecule has 23 heavy (non-hydrogen) atoms. The third kappa shape index (κ3) is 3.77. The van der Waals surface area contributed by atoms with Gasteiger partial charge in [0.1, 0.15) is 11.5 Å². The number of hydrogen-bond donors (Lipinski definition) is 1. The fourth-order valence-electron chi connectivity index (χ4n) is 3.08. The molecule has 1 aliphatic rings. The number of nitrogens with zero attached hydrogens (tertiary/aromatic N) is 4. The maximum absolute atomic E-state index is 13.8. The lowest BCUT2D eigenvalue weighted by atomic mass is 10.1. The Bertz CT molecular complexity index is 645. The number of aliphatic hydroxyl groups is 1. The van der Waals surface area contributed by atoms with Crippen molar-refractivity contribution in [3.05, 3.63) is 48.0 Å². The summed E-state index contributed by atoms with van der Waals surface area (Å²) < 4.78 is 15.4. The number of rotatable bonds is 5. The Kier molecular flexibility index (Phi) is 5.05.